The molecule has 3 heterocycles. The van der Waals surface area contributed by atoms with Crippen molar-refractivity contribution in [2.75, 3.05) is 7.05 Å². The summed E-state index contributed by atoms with van der Waals surface area (Å²) >= 11 is 5.93. The predicted octanol–water partition coefficient (Wildman–Crippen LogP) is 2.22. The van der Waals surface area contributed by atoms with E-state index >= 15 is 0 Å². The summed E-state index contributed by atoms with van der Waals surface area (Å²) in [6, 6.07) is 12.1. The minimum atomic E-state index is -0.192. The van der Waals surface area contributed by atoms with Gasteiger partial charge in [-0.3, -0.25) is 18.9 Å². The van der Waals surface area contributed by atoms with Crippen LogP contribution in [0.15, 0.2) is 58.3 Å². The Kier molecular flexibility index (Phi) is 4.47. The van der Waals surface area contributed by atoms with E-state index < -0.39 is 0 Å². The summed E-state index contributed by atoms with van der Waals surface area (Å²) in [7, 11) is 1.88. The zero-order chi connectivity index (χ0) is 19.0. The molecule has 136 valence electrons. The second kappa shape index (κ2) is 6.94. The van der Waals surface area contributed by atoms with E-state index in [1.807, 2.05) is 30.1 Å². The summed E-state index contributed by atoms with van der Waals surface area (Å²) < 4.78 is 1.41. The Morgan fingerprint density at radius 3 is 2.78 bits per heavy atom. The van der Waals surface area contributed by atoms with Gasteiger partial charge >= 0.3 is 0 Å². The zero-order valence-electron chi connectivity index (χ0n) is 14.5. The highest BCUT2D eigenvalue weighted by molar-refractivity contribution is 6.30. The van der Waals surface area contributed by atoms with E-state index in [-0.39, 0.29) is 11.1 Å². The molecule has 0 aliphatic heterocycles. The normalized spacial score (nSPS) is 11.5. The smallest absolute Gasteiger partial charge is 0.258 e. The van der Waals surface area contributed by atoms with Crippen LogP contribution in [-0.2, 0) is 13.1 Å². The lowest BCUT2D eigenvalue weighted by molar-refractivity contribution is 0.307. The second-order valence-corrected chi connectivity index (χ2v) is 6.80. The zero-order valence-corrected chi connectivity index (χ0v) is 15.3. The average molecular weight is 382 g/mol. The number of fused-ring (bicyclic) bond motifs is 2. The van der Waals surface area contributed by atoms with E-state index in [1.54, 1.807) is 24.4 Å². The molecule has 4 rings (SSSR count). The number of benzene rings is 1. The number of aromatic nitrogens is 4. The Labute approximate surface area is 158 Å². The van der Waals surface area contributed by atoms with Gasteiger partial charge in [-0.1, -0.05) is 23.7 Å². The Morgan fingerprint density at radius 1 is 1.11 bits per heavy atom. The van der Waals surface area contributed by atoms with Crippen LogP contribution in [0.4, 0.5) is 0 Å². The lowest BCUT2D eigenvalue weighted by Crippen LogP contribution is -2.24. The van der Waals surface area contributed by atoms with Gasteiger partial charge in [-0.05, 0) is 31.3 Å². The highest BCUT2D eigenvalue weighted by Crippen LogP contribution is 2.10. The molecule has 1 N–H and O–H groups in total. The number of rotatable bonds is 4. The van der Waals surface area contributed by atoms with Crippen LogP contribution in [0.2, 0.25) is 5.02 Å². The van der Waals surface area contributed by atoms with E-state index in [1.165, 1.54) is 10.5 Å². The average Bonchev–Trinajstić information content (AvgIpc) is 2.62. The van der Waals surface area contributed by atoms with Crippen LogP contribution in [-0.4, -0.2) is 31.3 Å². The van der Waals surface area contributed by atoms with Gasteiger partial charge < -0.3 is 4.98 Å². The molecule has 0 amide bonds. The molecule has 0 fully saturated rings. The highest BCUT2D eigenvalue weighted by Gasteiger charge is 2.09. The fraction of sp³-hybridized carbons (Fsp3) is 0.158. The molecule has 7 nitrogen and oxygen atoms in total. The van der Waals surface area contributed by atoms with Crippen molar-refractivity contribution in [3.8, 4) is 0 Å². The minimum Gasteiger partial charge on any atom is -0.309 e. The third kappa shape index (κ3) is 3.60. The van der Waals surface area contributed by atoms with Gasteiger partial charge in [0.1, 0.15) is 11.5 Å². The topological polar surface area (TPSA) is 83.4 Å². The predicted molar refractivity (Wildman–Crippen MR) is 104 cm³/mol. The Balaban J connectivity index is 1.58. The number of aromatic amines is 1. The third-order valence-corrected chi connectivity index (χ3v) is 4.41. The molecule has 0 atom stereocenters. The minimum absolute atomic E-state index is 0.164. The van der Waals surface area contributed by atoms with Gasteiger partial charge in [0.05, 0.1) is 28.2 Å². The first kappa shape index (κ1) is 17.4. The standard InChI is InChI=1S/C19H16ClN5O2/c1-24(11-16-22-15-5-3-2-4-14(15)19(27)23-16)10-13-8-18(26)25-9-12(20)6-7-17(25)21-13/h2-9H,10-11H2,1H3,(H,22,23,27). The molecule has 27 heavy (non-hydrogen) atoms. The van der Waals surface area contributed by atoms with Gasteiger partial charge in [0.15, 0.2) is 0 Å². The lowest BCUT2D eigenvalue weighted by Gasteiger charge is -2.16. The van der Waals surface area contributed by atoms with E-state index in [2.05, 4.69) is 15.0 Å². The van der Waals surface area contributed by atoms with E-state index in [4.69, 9.17) is 11.6 Å². The van der Waals surface area contributed by atoms with Crippen LogP contribution >= 0.6 is 11.6 Å². The molecule has 0 saturated heterocycles. The first-order chi connectivity index (χ1) is 13.0. The Morgan fingerprint density at radius 2 is 1.93 bits per heavy atom. The molecule has 0 aliphatic rings. The SMILES string of the molecule is CN(Cc1cc(=O)n2cc(Cl)ccc2n1)Cc1nc2ccccc2c(=O)[nH]1. The molecule has 4 aromatic rings. The first-order valence-corrected chi connectivity index (χ1v) is 8.72. The van der Waals surface area contributed by atoms with Crippen LogP contribution < -0.4 is 11.1 Å². The number of para-hydroxylation sites is 1. The summed E-state index contributed by atoms with van der Waals surface area (Å²) in [5, 5.41) is 1.04. The van der Waals surface area contributed by atoms with E-state index in [0.717, 1.165) is 0 Å². The van der Waals surface area contributed by atoms with Gasteiger partial charge in [0.25, 0.3) is 11.1 Å². The maximum absolute atomic E-state index is 12.3. The lowest BCUT2D eigenvalue weighted by atomic mass is 10.2. The highest BCUT2D eigenvalue weighted by atomic mass is 35.5. The number of H-pyrrole nitrogens is 1. The van der Waals surface area contributed by atoms with Crippen molar-refractivity contribution >= 4 is 28.2 Å². The molecule has 0 aliphatic carbocycles. The Hall–Kier alpha value is -3.03. The van der Waals surface area contributed by atoms with Crippen molar-refractivity contribution in [3.63, 3.8) is 0 Å². The number of hydrogen-bond donors (Lipinski definition) is 1. The van der Waals surface area contributed by atoms with Crippen molar-refractivity contribution in [3.05, 3.63) is 85.9 Å². The largest absolute Gasteiger partial charge is 0.309 e. The summed E-state index contributed by atoms with van der Waals surface area (Å²) in [5.41, 5.74) is 1.47. The second-order valence-electron chi connectivity index (χ2n) is 6.36. The summed E-state index contributed by atoms with van der Waals surface area (Å²) in [4.78, 5) is 38.2. The maximum atomic E-state index is 12.3. The van der Waals surface area contributed by atoms with Gasteiger partial charge in [-0.15, -0.1) is 0 Å². The molecule has 0 spiro atoms. The molecule has 0 saturated carbocycles. The molecule has 1 aromatic carbocycles. The maximum Gasteiger partial charge on any atom is 0.258 e. The molecule has 8 heteroatoms. The summed E-state index contributed by atoms with van der Waals surface area (Å²) in [5.74, 6) is 0.561. The molecule has 0 radical (unpaired) electrons. The number of pyridine rings is 1. The number of hydrogen-bond acceptors (Lipinski definition) is 5. The molecule has 3 aromatic heterocycles. The van der Waals surface area contributed by atoms with Crippen LogP contribution in [0.25, 0.3) is 16.6 Å². The quantitative estimate of drug-likeness (QED) is 0.586. The number of nitrogens with one attached hydrogen (secondary N) is 1. The van der Waals surface area contributed by atoms with Crippen molar-refractivity contribution in [2.24, 2.45) is 0 Å². The molecular formula is C19H16ClN5O2. The van der Waals surface area contributed by atoms with Crippen molar-refractivity contribution in [1.29, 1.82) is 0 Å². The summed E-state index contributed by atoms with van der Waals surface area (Å²) in [6.07, 6.45) is 1.55. The Bertz CT molecular complexity index is 1260. The molecular weight excluding hydrogens is 366 g/mol. The summed E-state index contributed by atoms with van der Waals surface area (Å²) in [6.45, 7) is 0.854. The molecule has 0 unspecified atom stereocenters. The van der Waals surface area contributed by atoms with Gasteiger partial charge in [-0.2, -0.15) is 0 Å². The van der Waals surface area contributed by atoms with Gasteiger partial charge in [0, 0.05) is 18.8 Å². The fourth-order valence-corrected chi connectivity index (χ4v) is 3.17. The number of halogens is 1. The van der Waals surface area contributed by atoms with Gasteiger partial charge in [-0.25, -0.2) is 9.97 Å². The first-order valence-electron chi connectivity index (χ1n) is 8.34. The van der Waals surface area contributed by atoms with Crippen LogP contribution in [0.3, 0.4) is 0 Å². The van der Waals surface area contributed by atoms with Crippen LogP contribution in [0.1, 0.15) is 11.5 Å². The van der Waals surface area contributed by atoms with Crippen LogP contribution in [0, 0.1) is 0 Å². The van der Waals surface area contributed by atoms with Gasteiger partial charge in [0.2, 0.25) is 0 Å². The fourth-order valence-electron chi connectivity index (χ4n) is 3.00. The molecule has 0 bridgehead atoms. The van der Waals surface area contributed by atoms with Crippen LogP contribution in [0.5, 0.6) is 0 Å². The van der Waals surface area contributed by atoms with Crippen molar-refractivity contribution < 1.29 is 0 Å². The van der Waals surface area contributed by atoms with Crippen molar-refractivity contribution in [1.82, 2.24) is 24.3 Å². The number of nitrogens with zero attached hydrogens (tertiary/aromatic N) is 4. The van der Waals surface area contributed by atoms with Crippen molar-refractivity contribution in [2.45, 2.75) is 13.1 Å². The third-order valence-electron chi connectivity index (χ3n) is 4.19. The van der Waals surface area contributed by atoms with E-state index in [9.17, 15) is 9.59 Å². The monoisotopic (exact) mass is 381 g/mol. The van der Waals surface area contributed by atoms with E-state index in [0.29, 0.717) is 46.2 Å².